The van der Waals surface area contributed by atoms with Gasteiger partial charge in [0, 0.05) is 5.02 Å². The first-order valence-electron chi connectivity index (χ1n) is 6.87. The first-order valence-corrected chi connectivity index (χ1v) is 8.42. The number of carbonyl (C=O) groups is 1. The molecule has 0 heterocycles. The normalized spacial score (nSPS) is 10.7. The number of hydrogen-bond donors (Lipinski definition) is 2. The van der Waals surface area contributed by atoms with Gasteiger partial charge in [0.15, 0.2) is 18.1 Å². The zero-order valence-corrected chi connectivity index (χ0v) is 16.0. The Morgan fingerprint density at radius 1 is 1.32 bits per heavy atom. The maximum atomic E-state index is 11.7. The number of carbonyl (C=O) groups excluding carboxylic acids is 1. The molecule has 1 amide bonds. The molecule has 2 N–H and O–H groups in total. The number of halogens is 3. The van der Waals surface area contributed by atoms with E-state index in [9.17, 15) is 9.90 Å². The number of hydrogen-bond acceptors (Lipinski definition) is 5. The number of nitrogens with zero attached hydrogens (tertiary/aromatic N) is 1. The summed E-state index contributed by atoms with van der Waals surface area (Å²) in [5.41, 5.74) is 2.94. The van der Waals surface area contributed by atoms with Crippen LogP contribution in [0.1, 0.15) is 5.56 Å². The summed E-state index contributed by atoms with van der Waals surface area (Å²) in [5, 5.41) is 14.3. The molecule has 0 aliphatic rings. The highest BCUT2D eigenvalue weighted by atomic mass is 79.9. The van der Waals surface area contributed by atoms with Crippen LogP contribution in [-0.4, -0.2) is 30.9 Å². The number of nitrogens with one attached hydrogen (secondary N) is 1. The molecular formula is C16H13BrCl2N2O4. The van der Waals surface area contributed by atoms with E-state index in [0.29, 0.717) is 25.8 Å². The Morgan fingerprint density at radius 2 is 2.08 bits per heavy atom. The van der Waals surface area contributed by atoms with Crippen LogP contribution in [0.2, 0.25) is 10.0 Å². The predicted octanol–water partition coefficient (Wildman–Crippen LogP) is 4.00. The third kappa shape index (κ3) is 5.52. The maximum Gasteiger partial charge on any atom is 0.277 e. The van der Waals surface area contributed by atoms with Crippen molar-refractivity contribution in [2.45, 2.75) is 0 Å². The van der Waals surface area contributed by atoms with E-state index in [0.717, 1.165) is 0 Å². The van der Waals surface area contributed by atoms with Crippen LogP contribution in [-0.2, 0) is 4.79 Å². The second-order valence-electron chi connectivity index (χ2n) is 4.71. The number of phenols is 1. The van der Waals surface area contributed by atoms with Crippen molar-refractivity contribution in [2.24, 2.45) is 5.10 Å². The molecule has 0 atom stereocenters. The van der Waals surface area contributed by atoms with Gasteiger partial charge in [-0.3, -0.25) is 4.79 Å². The molecule has 2 aromatic carbocycles. The van der Waals surface area contributed by atoms with Gasteiger partial charge in [0.05, 0.1) is 22.8 Å². The average molecular weight is 448 g/mol. The van der Waals surface area contributed by atoms with E-state index >= 15 is 0 Å². The van der Waals surface area contributed by atoms with E-state index in [1.807, 2.05) is 0 Å². The smallest absolute Gasteiger partial charge is 0.277 e. The topological polar surface area (TPSA) is 80.2 Å². The Balaban J connectivity index is 1.91. The third-order valence-corrected chi connectivity index (χ3v) is 4.06. The van der Waals surface area contributed by atoms with Gasteiger partial charge in [0.2, 0.25) is 0 Å². The van der Waals surface area contributed by atoms with Crippen LogP contribution in [0.3, 0.4) is 0 Å². The van der Waals surface area contributed by atoms with Gasteiger partial charge in [-0.1, -0.05) is 23.2 Å². The number of phenolic OH excluding ortho intramolecular Hbond substituents is 1. The number of hydrazone groups is 1. The van der Waals surface area contributed by atoms with E-state index in [1.54, 1.807) is 24.3 Å². The molecule has 0 unspecified atom stereocenters. The van der Waals surface area contributed by atoms with Crippen LogP contribution >= 0.6 is 39.1 Å². The molecule has 25 heavy (non-hydrogen) atoms. The molecule has 2 aromatic rings. The first kappa shape index (κ1) is 19.4. The minimum Gasteiger partial charge on any atom is -0.503 e. The van der Waals surface area contributed by atoms with Crippen molar-refractivity contribution >= 4 is 51.3 Å². The molecule has 6 nitrogen and oxygen atoms in total. The number of benzene rings is 2. The summed E-state index contributed by atoms with van der Waals surface area (Å²) in [6.07, 6.45) is 1.40. The lowest BCUT2D eigenvalue weighted by atomic mass is 10.2. The average Bonchev–Trinajstić information content (AvgIpc) is 2.57. The van der Waals surface area contributed by atoms with Crippen molar-refractivity contribution in [1.29, 1.82) is 0 Å². The molecule has 0 bridgehead atoms. The van der Waals surface area contributed by atoms with Gasteiger partial charge in [-0.15, -0.1) is 0 Å². The fraction of sp³-hybridized carbons (Fsp3) is 0.125. The monoisotopic (exact) mass is 446 g/mol. The molecule has 132 valence electrons. The molecule has 0 fully saturated rings. The van der Waals surface area contributed by atoms with E-state index in [-0.39, 0.29) is 18.1 Å². The van der Waals surface area contributed by atoms with E-state index < -0.39 is 5.91 Å². The van der Waals surface area contributed by atoms with Crippen LogP contribution in [0.5, 0.6) is 17.2 Å². The van der Waals surface area contributed by atoms with Gasteiger partial charge in [0.25, 0.3) is 5.91 Å². The molecule has 0 aliphatic heterocycles. The molecule has 2 rings (SSSR count). The number of aromatic hydroxyl groups is 1. The second kappa shape index (κ2) is 8.94. The van der Waals surface area contributed by atoms with Gasteiger partial charge >= 0.3 is 0 Å². The SMILES string of the molecule is COc1cc(/C=N\NC(=O)COc2ccc(Cl)cc2Cl)cc(Br)c1O. The molecule has 0 aliphatic carbocycles. The minimum absolute atomic E-state index is 0.0167. The second-order valence-corrected chi connectivity index (χ2v) is 6.41. The molecule has 0 spiro atoms. The van der Waals surface area contributed by atoms with Crippen LogP contribution in [0.15, 0.2) is 39.9 Å². The number of amides is 1. The highest BCUT2D eigenvalue weighted by molar-refractivity contribution is 9.10. The van der Waals surface area contributed by atoms with Crippen LogP contribution < -0.4 is 14.9 Å². The van der Waals surface area contributed by atoms with E-state index in [1.165, 1.54) is 19.4 Å². The Hall–Kier alpha value is -1.96. The van der Waals surface area contributed by atoms with E-state index in [2.05, 4.69) is 26.5 Å². The summed E-state index contributed by atoms with van der Waals surface area (Å²) < 4.78 is 10.8. The van der Waals surface area contributed by atoms with Crippen molar-refractivity contribution in [2.75, 3.05) is 13.7 Å². The van der Waals surface area contributed by atoms with Crippen molar-refractivity contribution in [3.63, 3.8) is 0 Å². The molecule has 0 radical (unpaired) electrons. The molecule has 9 heteroatoms. The van der Waals surface area contributed by atoms with Crippen molar-refractivity contribution in [3.05, 3.63) is 50.4 Å². The van der Waals surface area contributed by atoms with Gasteiger partial charge in [-0.2, -0.15) is 5.10 Å². The molecule has 0 saturated heterocycles. The van der Waals surface area contributed by atoms with Crippen molar-refractivity contribution < 1.29 is 19.4 Å². The molecular weight excluding hydrogens is 435 g/mol. The maximum absolute atomic E-state index is 11.7. The summed E-state index contributed by atoms with van der Waals surface area (Å²) in [4.78, 5) is 11.7. The lowest BCUT2D eigenvalue weighted by molar-refractivity contribution is -0.123. The summed E-state index contributed by atoms with van der Waals surface area (Å²) in [6, 6.07) is 7.89. The number of rotatable bonds is 6. The highest BCUT2D eigenvalue weighted by Crippen LogP contribution is 2.34. The number of methoxy groups -OCH3 is 1. The predicted molar refractivity (Wildman–Crippen MR) is 100 cm³/mol. The fourth-order valence-electron chi connectivity index (χ4n) is 1.77. The Bertz CT molecular complexity index is 815. The minimum atomic E-state index is -0.466. The van der Waals surface area contributed by atoms with Gasteiger partial charge in [0.1, 0.15) is 5.75 Å². The Morgan fingerprint density at radius 3 is 2.76 bits per heavy atom. The van der Waals surface area contributed by atoms with Crippen molar-refractivity contribution in [3.8, 4) is 17.2 Å². The quantitative estimate of drug-likeness (QED) is 0.518. The summed E-state index contributed by atoms with van der Waals surface area (Å²) in [7, 11) is 1.43. The lowest BCUT2D eigenvalue weighted by Gasteiger charge is -2.07. The van der Waals surface area contributed by atoms with E-state index in [4.69, 9.17) is 32.7 Å². The van der Waals surface area contributed by atoms with Gasteiger partial charge < -0.3 is 14.6 Å². The molecule has 0 saturated carbocycles. The zero-order valence-electron chi connectivity index (χ0n) is 12.9. The van der Waals surface area contributed by atoms with Gasteiger partial charge in [-0.25, -0.2) is 5.43 Å². The Labute approximate surface area is 162 Å². The Kier molecular flexibility index (Phi) is 6.92. The van der Waals surface area contributed by atoms with Crippen LogP contribution in [0.25, 0.3) is 0 Å². The highest BCUT2D eigenvalue weighted by Gasteiger charge is 2.08. The van der Waals surface area contributed by atoms with Gasteiger partial charge in [-0.05, 0) is 51.8 Å². The number of ether oxygens (including phenoxy) is 2. The van der Waals surface area contributed by atoms with Crippen molar-refractivity contribution in [1.82, 2.24) is 5.43 Å². The lowest BCUT2D eigenvalue weighted by Crippen LogP contribution is -2.24. The zero-order chi connectivity index (χ0) is 18.4. The third-order valence-electron chi connectivity index (χ3n) is 2.93. The first-order chi connectivity index (χ1) is 11.9. The summed E-state index contributed by atoms with van der Waals surface area (Å²) >= 11 is 14.9. The summed E-state index contributed by atoms with van der Waals surface area (Å²) in [6.45, 7) is -0.263. The summed E-state index contributed by atoms with van der Waals surface area (Å²) in [5.74, 6) is 0.143. The standard InChI is InChI=1S/C16H13BrCl2N2O4/c1-24-14-5-9(4-11(17)16(14)23)7-20-21-15(22)8-25-13-3-2-10(18)6-12(13)19/h2-7,23H,8H2,1H3,(H,21,22)/b20-7-. The van der Waals surface area contributed by atoms with Crippen LogP contribution in [0, 0.1) is 0 Å². The molecule has 0 aromatic heterocycles. The van der Waals surface area contributed by atoms with Crippen LogP contribution in [0.4, 0.5) is 0 Å². The fourth-order valence-corrected chi connectivity index (χ4v) is 2.69. The largest absolute Gasteiger partial charge is 0.503 e.